The summed E-state index contributed by atoms with van der Waals surface area (Å²) in [6.45, 7) is 3.54. The van der Waals surface area contributed by atoms with E-state index >= 15 is 0 Å². The molecule has 3 aromatic carbocycles. The molecule has 7 atom stereocenters. The van der Waals surface area contributed by atoms with E-state index in [1.54, 1.807) is 20.4 Å². The average Bonchev–Trinajstić information content (AvgIpc) is 3.97. The van der Waals surface area contributed by atoms with Crippen LogP contribution in [0.15, 0.2) is 110 Å². The molecule has 3 N–H and O–H groups in total. The highest BCUT2D eigenvalue weighted by Gasteiger charge is 2.44. The van der Waals surface area contributed by atoms with Crippen molar-refractivity contribution in [2.75, 3.05) is 34.2 Å². The summed E-state index contributed by atoms with van der Waals surface area (Å²) in [5.41, 5.74) is -0.229. The van der Waals surface area contributed by atoms with Gasteiger partial charge in [-0.25, -0.2) is 9.59 Å². The molecule has 2 aromatic heterocycles. The first kappa shape index (κ1) is 52.2. The topological polar surface area (TPSA) is 230 Å². The van der Waals surface area contributed by atoms with E-state index in [1.165, 1.54) is 15.3 Å². The van der Waals surface area contributed by atoms with E-state index in [4.69, 9.17) is 38.0 Å². The first-order valence-corrected chi connectivity index (χ1v) is 24.8. The minimum atomic E-state index is -3.14. The van der Waals surface area contributed by atoms with Gasteiger partial charge in [0.2, 0.25) is 0 Å². The highest BCUT2D eigenvalue weighted by Crippen LogP contribution is 2.43. The minimum Gasteiger partial charge on any atom is -0.497 e. The van der Waals surface area contributed by atoms with Crippen LogP contribution < -0.4 is 32.0 Å². The Morgan fingerprint density at radius 3 is 1.64 bits per heavy atom. The summed E-state index contributed by atoms with van der Waals surface area (Å²) in [6.07, 6.45) is 4.09. The lowest BCUT2D eigenvalue weighted by molar-refractivity contribution is -0.260. The normalized spacial score (nSPS) is 20.4. The summed E-state index contributed by atoms with van der Waals surface area (Å²) in [5.74, 6) is 1.31. The van der Waals surface area contributed by atoms with Crippen molar-refractivity contribution in [3.8, 4) is 11.5 Å². The second-order valence-corrected chi connectivity index (χ2v) is 17.9. The molecule has 7 rings (SSSR count). The molecule has 0 saturated carbocycles. The molecule has 0 aliphatic carbocycles. The highest BCUT2D eigenvalue weighted by atomic mass is 31.1. The fraction of sp³-hybridized carbons (Fsp3) is 0.480. The SMILES string of the molecule is CCCCCc1cn([C@H]2C[C@H](OCOC[C@H]3O[C@@H](n4cc(CCCCC)c(=O)[nH]c4=O)C[C@@H]3OO[P+](=O)O)[C@@H](COC(c3ccccc3)(c3ccc(OC)cc3)c3ccc(OC)cc3)O2)c(=O)[nH]c1=O. The first-order valence-electron chi connectivity index (χ1n) is 23.6. The number of hydrogen-bond donors (Lipinski definition) is 3. The van der Waals surface area contributed by atoms with Crippen LogP contribution in [0.4, 0.5) is 0 Å². The van der Waals surface area contributed by atoms with Crippen LogP contribution in [0, 0.1) is 0 Å². The maximum absolute atomic E-state index is 13.5. The monoisotopic (exact) mass is 989 g/mol. The third-order valence-corrected chi connectivity index (χ3v) is 12.9. The van der Waals surface area contributed by atoms with Gasteiger partial charge < -0.3 is 33.2 Å². The molecule has 2 aliphatic rings. The molecule has 0 radical (unpaired) electrons. The van der Waals surface area contributed by atoms with Gasteiger partial charge in [0.1, 0.15) is 54.7 Å². The molecular formula is C50H62N4O15P+. The molecule has 20 heteroatoms. The number of nitrogens with one attached hydrogen (secondary N) is 2. The Morgan fingerprint density at radius 2 is 1.16 bits per heavy atom. The van der Waals surface area contributed by atoms with Gasteiger partial charge in [-0.2, -0.15) is 4.89 Å². The second-order valence-electron chi connectivity index (χ2n) is 17.2. The van der Waals surface area contributed by atoms with Crippen LogP contribution in [0.2, 0.25) is 0 Å². The van der Waals surface area contributed by atoms with Gasteiger partial charge in [-0.15, -0.1) is 4.89 Å². The largest absolute Gasteiger partial charge is 0.725 e. The van der Waals surface area contributed by atoms with Gasteiger partial charge in [0.15, 0.2) is 0 Å². The fourth-order valence-electron chi connectivity index (χ4n) is 8.96. The molecule has 2 aliphatic heterocycles. The molecule has 2 saturated heterocycles. The number of aromatic amines is 2. The van der Waals surface area contributed by atoms with Crippen molar-refractivity contribution < 1.29 is 52.2 Å². The Hall–Kier alpha value is -5.60. The fourth-order valence-corrected chi connectivity index (χ4v) is 9.15. The molecule has 2 fully saturated rings. The molecule has 376 valence electrons. The molecule has 0 amide bonds. The van der Waals surface area contributed by atoms with Crippen molar-refractivity contribution in [2.24, 2.45) is 0 Å². The van der Waals surface area contributed by atoms with E-state index in [-0.39, 0.29) is 32.8 Å². The Balaban J connectivity index is 1.16. The summed E-state index contributed by atoms with van der Waals surface area (Å²) in [6, 6.07) is 24.9. The quantitative estimate of drug-likeness (QED) is 0.0135. The maximum atomic E-state index is 13.5. The van der Waals surface area contributed by atoms with Crippen molar-refractivity contribution in [1.29, 1.82) is 0 Å². The van der Waals surface area contributed by atoms with E-state index in [0.717, 1.165) is 55.2 Å². The highest BCUT2D eigenvalue weighted by molar-refractivity contribution is 7.31. The van der Waals surface area contributed by atoms with Gasteiger partial charge in [-0.1, -0.05) is 94.1 Å². The van der Waals surface area contributed by atoms with Gasteiger partial charge in [0, 0.05) is 40.9 Å². The zero-order chi connectivity index (χ0) is 49.6. The number of ether oxygens (including phenoxy) is 7. The second kappa shape index (κ2) is 25.0. The number of H-pyrrole nitrogens is 2. The van der Waals surface area contributed by atoms with Gasteiger partial charge in [-0.05, 0) is 66.6 Å². The Kier molecular flexibility index (Phi) is 18.6. The number of rotatable bonds is 26. The van der Waals surface area contributed by atoms with Gasteiger partial charge in [0.25, 0.3) is 11.1 Å². The zero-order valence-corrected chi connectivity index (χ0v) is 40.7. The van der Waals surface area contributed by atoms with Crippen molar-refractivity contribution in [3.05, 3.63) is 161 Å². The van der Waals surface area contributed by atoms with Gasteiger partial charge in [-0.3, -0.25) is 28.7 Å². The Labute approximate surface area is 405 Å². The predicted molar refractivity (Wildman–Crippen MR) is 256 cm³/mol. The molecule has 5 aromatic rings. The van der Waals surface area contributed by atoms with E-state index in [2.05, 4.69) is 21.6 Å². The average molecular weight is 990 g/mol. The number of nitrogens with zero attached hydrogens (tertiary/aromatic N) is 2. The predicted octanol–water partition coefficient (Wildman–Crippen LogP) is 6.48. The number of benzene rings is 3. The lowest BCUT2D eigenvalue weighted by Gasteiger charge is -2.37. The van der Waals surface area contributed by atoms with Crippen LogP contribution in [0.25, 0.3) is 0 Å². The maximum Gasteiger partial charge on any atom is 0.725 e. The van der Waals surface area contributed by atoms with Crippen LogP contribution in [-0.2, 0) is 56.3 Å². The molecule has 1 unspecified atom stereocenters. The van der Waals surface area contributed by atoms with Gasteiger partial charge >= 0.3 is 19.6 Å². The number of aromatic nitrogens is 4. The lowest BCUT2D eigenvalue weighted by Crippen LogP contribution is -2.39. The third-order valence-electron chi connectivity index (χ3n) is 12.7. The van der Waals surface area contributed by atoms with Crippen molar-refractivity contribution in [3.63, 3.8) is 0 Å². The summed E-state index contributed by atoms with van der Waals surface area (Å²) < 4.78 is 62.4. The molecule has 19 nitrogen and oxygen atoms in total. The first-order chi connectivity index (χ1) is 34.0. The summed E-state index contributed by atoms with van der Waals surface area (Å²) in [7, 11) is 0.0513. The van der Waals surface area contributed by atoms with Crippen molar-refractivity contribution >= 4 is 8.25 Å². The Bertz CT molecular complexity index is 2660. The van der Waals surface area contributed by atoms with Crippen LogP contribution in [-0.4, -0.2) is 82.6 Å². The number of unbranched alkanes of at least 4 members (excludes halogenated alkanes) is 4. The number of hydrogen-bond acceptors (Lipinski definition) is 14. The minimum absolute atomic E-state index is 0.00979. The molecule has 70 heavy (non-hydrogen) atoms. The standard InChI is InChI=1S/C50H61N4O15P/c1-5-7-10-14-33-28-53(48(57)51-46(33)55)44-26-40(64-32-63-30-42-41(68-69-70(59)60)27-45(66-42)54-29-34(15-11-8-6-2)47(56)52-49(54)58)43(67-44)31-65-50(35-16-12-9-13-17-35,36-18-22-38(61-3)23-19-36)37-20-24-39(62-4)25-21-37/h9,12-13,16-25,28-29,40-45H,5-8,10-11,14-15,26-27,30-32H2,1-4H3,(H2-,51,52,55,56,57,58,59,60)/p+1/t40-,41-,42+,43+,44+,45+/m0/s1. The van der Waals surface area contributed by atoms with Crippen molar-refractivity contribution in [1.82, 2.24) is 19.1 Å². The number of methoxy groups -OCH3 is 2. The van der Waals surface area contributed by atoms with E-state index in [0.29, 0.717) is 35.5 Å². The van der Waals surface area contributed by atoms with E-state index in [9.17, 15) is 28.6 Å². The van der Waals surface area contributed by atoms with Crippen LogP contribution >= 0.6 is 8.25 Å². The van der Waals surface area contributed by atoms with Crippen LogP contribution in [0.3, 0.4) is 0 Å². The van der Waals surface area contributed by atoms with E-state index in [1.807, 2.05) is 85.8 Å². The van der Waals surface area contributed by atoms with E-state index < -0.39 is 73.2 Å². The van der Waals surface area contributed by atoms with Crippen molar-refractivity contribution in [2.45, 2.75) is 121 Å². The molecule has 4 heterocycles. The summed E-state index contributed by atoms with van der Waals surface area (Å²) in [4.78, 5) is 71.6. The smallest absolute Gasteiger partial charge is 0.497 e. The van der Waals surface area contributed by atoms with Crippen LogP contribution in [0.5, 0.6) is 11.5 Å². The molecule has 0 bridgehead atoms. The Morgan fingerprint density at radius 1 is 0.671 bits per heavy atom. The molecule has 0 spiro atoms. The van der Waals surface area contributed by atoms with Crippen LogP contribution in [0.1, 0.15) is 105 Å². The lowest BCUT2D eigenvalue weighted by atomic mass is 9.80. The third kappa shape index (κ3) is 12.6. The zero-order valence-electron chi connectivity index (χ0n) is 39.8. The summed E-state index contributed by atoms with van der Waals surface area (Å²) >= 11 is 0. The van der Waals surface area contributed by atoms with Gasteiger partial charge in [0.05, 0.1) is 38.2 Å². The number of aryl methyl sites for hydroxylation is 2. The summed E-state index contributed by atoms with van der Waals surface area (Å²) in [5, 5.41) is 0. The molecular weight excluding hydrogens is 928 g/mol.